The highest BCUT2D eigenvalue weighted by atomic mass is 35.5. The van der Waals surface area contributed by atoms with Crippen LogP contribution in [0.15, 0.2) is 0 Å². The molecule has 0 aromatic heterocycles. The summed E-state index contributed by atoms with van der Waals surface area (Å²) in [4.78, 5) is 0. The predicted molar refractivity (Wildman–Crippen MR) is 59.2 cm³/mol. The van der Waals surface area contributed by atoms with E-state index < -0.39 is 10.0 Å². The first-order valence-electron chi connectivity index (χ1n) is 4.21. The third kappa shape index (κ3) is 8.71. The Morgan fingerprint density at radius 2 is 2.07 bits per heavy atom. The molecule has 0 amide bonds. The van der Waals surface area contributed by atoms with Crippen LogP contribution in [-0.2, 0) is 14.8 Å². The van der Waals surface area contributed by atoms with E-state index in [4.69, 9.17) is 10.5 Å². The Morgan fingerprint density at radius 3 is 2.50 bits per heavy atom. The standard InChI is InChI=1S/C7H18N2O3S.ClH/c1-7(6-8)9-13(10,11)5-3-4-12-2;/h7,9H,3-6,8H2,1-2H3;1H/t7-;/m0./s1. The quantitative estimate of drug-likeness (QED) is 0.605. The molecular weight excluding hydrogens is 228 g/mol. The highest BCUT2D eigenvalue weighted by Crippen LogP contribution is 1.92. The fourth-order valence-corrected chi connectivity index (χ4v) is 2.13. The summed E-state index contributed by atoms with van der Waals surface area (Å²) in [5.41, 5.74) is 5.28. The van der Waals surface area contributed by atoms with Crippen molar-refractivity contribution in [1.29, 1.82) is 0 Å². The lowest BCUT2D eigenvalue weighted by Crippen LogP contribution is -2.39. The van der Waals surface area contributed by atoms with Gasteiger partial charge in [0.25, 0.3) is 0 Å². The molecule has 1 atom stereocenters. The summed E-state index contributed by atoms with van der Waals surface area (Å²) in [6.45, 7) is 2.50. The molecule has 0 bridgehead atoms. The summed E-state index contributed by atoms with van der Waals surface area (Å²) >= 11 is 0. The maximum absolute atomic E-state index is 11.3. The number of hydrogen-bond acceptors (Lipinski definition) is 4. The summed E-state index contributed by atoms with van der Waals surface area (Å²) in [6, 6.07) is -0.201. The molecule has 7 heteroatoms. The van der Waals surface area contributed by atoms with Crippen molar-refractivity contribution in [3.63, 3.8) is 0 Å². The molecule has 0 aliphatic carbocycles. The Bertz CT molecular complexity index is 221. The summed E-state index contributed by atoms with van der Waals surface area (Å²) in [5.74, 6) is 0.0885. The van der Waals surface area contributed by atoms with E-state index in [0.717, 1.165) is 0 Å². The number of ether oxygens (including phenoxy) is 1. The molecule has 0 aliphatic heterocycles. The van der Waals surface area contributed by atoms with E-state index in [1.165, 1.54) is 0 Å². The zero-order chi connectivity index (χ0) is 10.3. The van der Waals surface area contributed by atoms with Crippen LogP contribution in [0.25, 0.3) is 0 Å². The van der Waals surface area contributed by atoms with Crippen molar-refractivity contribution in [1.82, 2.24) is 4.72 Å². The van der Waals surface area contributed by atoms with Gasteiger partial charge >= 0.3 is 0 Å². The average Bonchev–Trinajstić information content (AvgIpc) is 2.03. The minimum Gasteiger partial charge on any atom is -0.385 e. The van der Waals surface area contributed by atoms with Gasteiger partial charge < -0.3 is 10.5 Å². The molecule has 0 spiro atoms. The summed E-state index contributed by atoms with van der Waals surface area (Å²) in [7, 11) is -1.63. The normalized spacial score (nSPS) is 13.4. The number of rotatable bonds is 7. The van der Waals surface area contributed by atoms with Crippen LogP contribution in [0.5, 0.6) is 0 Å². The van der Waals surface area contributed by atoms with Gasteiger partial charge in [0.1, 0.15) is 0 Å². The fourth-order valence-electron chi connectivity index (χ4n) is 0.807. The average molecular weight is 247 g/mol. The topological polar surface area (TPSA) is 81.4 Å². The second kappa shape index (κ2) is 8.43. The molecule has 0 aromatic rings. The van der Waals surface area contributed by atoms with Crippen molar-refractivity contribution in [2.75, 3.05) is 26.0 Å². The Balaban J connectivity index is 0. The lowest BCUT2D eigenvalue weighted by atomic mass is 10.4. The molecule has 0 aliphatic rings. The molecule has 88 valence electrons. The first-order valence-corrected chi connectivity index (χ1v) is 5.86. The number of halogens is 1. The van der Waals surface area contributed by atoms with Gasteiger partial charge in [0.05, 0.1) is 5.75 Å². The van der Waals surface area contributed by atoms with Crippen molar-refractivity contribution in [2.45, 2.75) is 19.4 Å². The van der Waals surface area contributed by atoms with Crippen LogP contribution in [0, 0.1) is 0 Å². The molecule has 3 N–H and O–H groups in total. The third-order valence-electron chi connectivity index (χ3n) is 1.50. The number of nitrogens with two attached hydrogens (primary N) is 1. The number of sulfonamides is 1. The van der Waals surface area contributed by atoms with Crippen LogP contribution in [-0.4, -0.2) is 40.5 Å². The van der Waals surface area contributed by atoms with Crippen LogP contribution in [0.1, 0.15) is 13.3 Å². The highest BCUT2D eigenvalue weighted by molar-refractivity contribution is 7.89. The molecule has 14 heavy (non-hydrogen) atoms. The maximum Gasteiger partial charge on any atom is 0.211 e. The maximum atomic E-state index is 11.3. The predicted octanol–water partition coefficient (Wildman–Crippen LogP) is -0.289. The van der Waals surface area contributed by atoms with E-state index in [0.29, 0.717) is 19.6 Å². The molecule has 0 unspecified atom stereocenters. The number of hydrogen-bond donors (Lipinski definition) is 2. The minimum atomic E-state index is -3.18. The largest absolute Gasteiger partial charge is 0.385 e. The van der Waals surface area contributed by atoms with Crippen LogP contribution >= 0.6 is 12.4 Å². The van der Waals surface area contributed by atoms with Crippen LogP contribution in [0.3, 0.4) is 0 Å². The van der Waals surface area contributed by atoms with Crippen molar-refractivity contribution in [3.05, 3.63) is 0 Å². The molecule has 0 heterocycles. The smallest absolute Gasteiger partial charge is 0.211 e. The Hall–Kier alpha value is 0.120. The lowest BCUT2D eigenvalue weighted by molar-refractivity contribution is 0.199. The Labute approximate surface area is 91.8 Å². The molecule has 0 saturated carbocycles. The van der Waals surface area contributed by atoms with Gasteiger partial charge in [-0.15, -0.1) is 12.4 Å². The molecule has 0 aromatic carbocycles. The zero-order valence-electron chi connectivity index (χ0n) is 8.52. The van der Waals surface area contributed by atoms with E-state index >= 15 is 0 Å². The monoisotopic (exact) mass is 246 g/mol. The van der Waals surface area contributed by atoms with Gasteiger partial charge in [0, 0.05) is 26.3 Å². The van der Waals surface area contributed by atoms with E-state index in [-0.39, 0.29) is 24.2 Å². The second-order valence-corrected chi connectivity index (χ2v) is 4.79. The zero-order valence-corrected chi connectivity index (χ0v) is 10.2. The van der Waals surface area contributed by atoms with Gasteiger partial charge in [-0.3, -0.25) is 0 Å². The lowest BCUT2D eigenvalue weighted by Gasteiger charge is -2.11. The molecule has 0 saturated heterocycles. The number of methoxy groups -OCH3 is 1. The van der Waals surface area contributed by atoms with Gasteiger partial charge in [0.15, 0.2) is 0 Å². The molecule has 0 radical (unpaired) electrons. The van der Waals surface area contributed by atoms with E-state index in [1.807, 2.05) is 0 Å². The third-order valence-corrected chi connectivity index (χ3v) is 3.08. The Kier molecular flexibility index (Phi) is 9.96. The van der Waals surface area contributed by atoms with Gasteiger partial charge in [0.2, 0.25) is 10.0 Å². The highest BCUT2D eigenvalue weighted by Gasteiger charge is 2.12. The van der Waals surface area contributed by atoms with Gasteiger partial charge in [-0.05, 0) is 13.3 Å². The van der Waals surface area contributed by atoms with Crippen molar-refractivity contribution in [2.24, 2.45) is 5.73 Å². The van der Waals surface area contributed by atoms with E-state index in [1.54, 1.807) is 14.0 Å². The second-order valence-electron chi connectivity index (χ2n) is 2.92. The van der Waals surface area contributed by atoms with Crippen LogP contribution in [0.4, 0.5) is 0 Å². The van der Waals surface area contributed by atoms with Gasteiger partial charge in [-0.2, -0.15) is 0 Å². The Morgan fingerprint density at radius 1 is 1.50 bits per heavy atom. The fraction of sp³-hybridized carbons (Fsp3) is 1.00. The summed E-state index contributed by atoms with van der Waals surface area (Å²) in [5, 5.41) is 0. The van der Waals surface area contributed by atoms with Crippen molar-refractivity contribution >= 4 is 22.4 Å². The molecule has 5 nitrogen and oxygen atoms in total. The van der Waals surface area contributed by atoms with Crippen LogP contribution in [0.2, 0.25) is 0 Å². The summed E-state index contributed by atoms with van der Waals surface area (Å²) in [6.07, 6.45) is 0.503. The van der Waals surface area contributed by atoms with Gasteiger partial charge in [-0.25, -0.2) is 13.1 Å². The molecular formula is C7H19ClN2O3S. The SMILES string of the molecule is COCCCS(=O)(=O)N[C@@H](C)CN.Cl. The molecule has 0 fully saturated rings. The first-order chi connectivity index (χ1) is 6.02. The first kappa shape index (κ1) is 16.5. The van der Waals surface area contributed by atoms with Crippen molar-refractivity contribution < 1.29 is 13.2 Å². The summed E-state index contributed by atoms with van der Waals surface area (Å²) < 4.78 is 29.7. The van der Waals surface area contributed by atoms with E-state index in [2.05, 4.69) is 4.72 Å². The van der Waals surface area contributed by atoms with Crippen LogP contribution < -0.4 is 10.5 Å². The molecule has 0 rings (SSSR count). The van der Waals surface area contributed by atoms with Crippen molar-refractivity contribution in [3.8, 4) is 0 Å². The minimum absolute atomic E-state index is 0. The number of nitrogens with one attached hydrogen (secondary N) is 1. The van der Waals surface area contributed by atoms with E-state index in [9.17, 15) is 8.42 Å². The van der Waals surface area contributed by atoms with Gasteiger partial charge in [-0.1, -0.05) is 0 Å².